The third kappa shape index (κ3) is 7.16. The molecule has 0 bridgehead atoms. The highest BCUT2D eigenvalue weighted by atomic mass is 16.6. The zero-order valence-corrected chi connectivity index (χ0v) is 18.6. The maximum absolute atomic E-state index is 12.9. The van der Waals surface area contributed by atoms with Crippen LogP contribution in [0.25, 0.3) is 0 Å². The first kappa shape index (κ1) is 22.9. The number of anilines is 2. The number of hydrogen-bond donors (Lipinski definition) is 1. The van der Waals surface area contributed by atoms with Gasteiger partial charge in [0.15, 0.2) is 0 Å². The minimum atomic E-state index is -0.569. The van der Waals surface area contributed by atoms with E-state index in [0.29, 0.717) is 12.2 Å². The van der Waals surface area contributed by atoms with Crippen molar-refractivity contribution in [1.82, 2.24) is 0 Å². The predicted octanol–water partition coefficient (Wildman–Crippen LogP) is 6.38. The summed E-state index contributed by atoms with van der Waals surface area (Å²) in [5.41, 5.74) is 2.59. The number of hydrogen-bond acceptors (Lipinski definition) is 4. The van der Waals surface area contributed by atoms with Crippen molar-refractivity contribution >= 4 is 23.6 Å². The average molecular weight is 433 g/mol. The summed E-state index contributed by atoms with van der Waals surface area (Å²) in [4.78, 5) is 26.4. The Morgan fingerprint density at radius 3 is 2.00 bits per heavy atom. The lowest BCUT2D eigenvalue weighted by Crippen LogP contribution is -2.31. The molecule has 0 spiro atoms. The van der Waals surface area contributed by atoms with Crippen LogP contribution >= 0.6 is 0 Å². The molecular formula is C26H28N2O4. The highest BCUT2D eigenvalue weighted by Crippen LogP contribution is 2.20. The number of carbonyl (C=O) groups excluding carboxylic acids is 2. The lowest BCUT2D eigenvalue weighted by atomic mass is 10.2. The van der Waals surface area contributed by atoms with Crippen molar-refractivity contribution in [2.45, 2.75) is 39.5 Å². The molecule has 3 rings (SSSR count). The van der Waals surface area contributed by atoms with E-state index < -0.39 is 17.8 Å². The quantitative estimate of drug-likeness (QED) is 0.491. The summed E-state index contributed by atoms with van der Waals surface area (Å²) in [6.45, 7) is 5.95. The number of rotatable bonds is 6. The number of carbonyl (C=O) groups is 2. The smallest absolute Gasteiger partial charge is 0.414 e. The van der Waals surface area contributed by atoms with Crippen molar-refractivity contribution in [1.29, 1.82) is 0 Å². The highest BCUT2D eigenvalue weighted by Gasteiger charge is 2.19. The summed E-state index contributed by atoms with van der Waals surface area (Å²) >= 11 is 0. The van der Waals surface area contributed by atoms with Crippen LogP contribution in [0.2, 0.25) is 0 Å². The Morgan fingerprint density at radius 1 is 0.812 bits per heavy atom. The van der Waals surface area contributed by atoms with Gasteiger partial charge in [0.1, 0.15) is 12.2 Å². The minimum absolute atomic E-state index is 0.196. The molecule has 0 radical (unpaired) electrons. The second kappa shape index (κ2) is 10.5. The lowest BCUT2D eigenvalue weighted by Gasteiger charge is -2.23. The Morgan fingerprint density at radius 2 is 1.41 bits per heavy atom. The van der Waals surface area contributed by atoms with Crippen LogP contribution in [-0.4, -0.2) is 17.8 Å². The van der Waals surface area contributed by atoms with E-state index >= 15 is 0 Å². The summed E-state index contributed by atoms with van der Waals surface area (Å²) in [6, 6.07) is 26.2. The summed E-state index contributed by atoms with van der Waals surface area (Å²) in [7, 11) is 0. The third-order valence-corrected chi connectivity index (χ3v) is 4.43. The molecule has 0 aromatic heterocycles. The highest BCUT2D eigenvalue weighted by molar-refractivity contribution is 5.87. The van der Waals surface area contributed by atoms with E-state index in [1.54, 1.807) is 17.0 Å². The first-order chi connectivity index (χ1) is 15.3. The fourth-order valence-corrected chi connectivity index (χ4v) is 2.96. The minimum Gasteiger partial charge on any atom is -0.444 e. The second-order valence-corrected chi connectivity index (χ2v) is 8.29. The van der Waals surface area contributed by atoms with E-state index in [4.69, 9.17) is 9.47 Å². The summed E-state index contributed by atoms with van der Waals surface area (Å²) in [5.74, 6) is 0. The first-order valence-corrected chi connectivity index (χ1v) is 10.4. The Labute approximate surface area is 188 Å². The Balaban J connectivity index is 1.68. The molecule has 1 N–H and O–H groups in total. The van der Waals surface area contributed by atoms with Gasteiger partial charge >= 0.3 is 12.2 Å². The van der Waals surface area contributed by atoms with Crippen LogP contribution in [0, 0.1) is 0 Å². The van der Waals surface area contributed by atoms with Crippen molar-refractivity contribution in [3.63, 3.8) is 0 Å². The number of benzene rings is 3. The molecule has 166 valence electrons. The number of para-hydroxylation sites is 1. The molecule has 0 aliphatic rings. The predicted molar refractivity (Wildman–Crippen MR) is 126 cm³/mol. The molecule has 0 saturated carbocycles. The van der Waals surface area contributed by atoms with Gasteiger partial charge in [-0.05, 0) is 56.2 Å². The second-order valence-electron chi connectivity index (χ2n) is 8.29. The van der Waals surface area contributed by atoms with E-state index in [0.717, 1.165) is 16.8 Å². The molecule has 0 atom stereocenters. The Bertz CT molecular complexity index is 1010. The normalized spacial score (nSPS) is 10.8. The zero-order chi connectivity index (χ0) is 23.0. The van der Waals surface area contributed by atoms with Gasteiger partial charge in [-0.25, -0.2) is 9.59 Å². The largest absolute Gasteiger partial charge is 0.444 e. The summed E-state index contributed by atoms with van der Waals surface area (Å²) in [5, 5.41) is 2.71. The molecule has 0 unspecified atom stereocenters. The lowest BCUT2D eigenvalue weighted by molar-refractivity contribution is 0.0636. The third-order valence-electron chi connectivity index (χ3n) is 4.43. The number of ether oxygens (including phenoxy) is 2. The van der Waals surface area contributed by atoms with Crippen molar-refractivity contribution in [2.75, 3.05) is 10.2 Å². The topological polar surface area (TPSA) is 67.9 Å². The van der Waals surface area contributed by atoms with Gasteiger partial charge in [-0.1, -0.05) is 60.7 Å². The van der Waals surface area contributed by atoms with E-state index in [-0.39, 0.29) is 6.61 Å². The van der Waals surface area contributed by atoms with Crippen LogP contribution in [0.15, 0.2) is 84.9 Å². The fourth-order valence-electron chi connectivity index (χ4n) is 2.96. The average Bonchev–Trinajstić information content (AvgIpc) is 2.77. The summed E-state index contributed by atoms with van der Waals surface area (Å²) < 4.78 is 10.8. The van der Waals surface area contributed by atoms with Gasteiger partial charge in [-0.3, -0.25) is 10.2 Å². The van der Waals surface area contributed by atoms with E-state index in [1.807, 2.05) is 93.6 Å². The van der Waals surface area contributed by atoms with Crippen LogP contribution < -0.4 is 10.2 Å². The number of nitrogens with zero attached hydrogens (tertiary/aromatic N) is 1. The van der Waals surface area contributed by atoms with E-state index in [9.17, 15) is 9.59 Å². The van der Waals surface area contributed by atoms with Crippen molar-refractivity contribution in [3.8, 4) is 0 Å². The van der Waals surface area contributed by atoms with E-state index in [1.165, 1.54) is 0 Å². The molecule has 0 saturated heterocycles. The van der Waals surface area contributed by atoms with Gasteiger partial charge in [-0.2, -0.15) is 0 Å². The first-order valence-electron chi connectivity index (χ1n) is 10.4. The molecular weight excluding hydrogens is 404 g/mol. The van der Waals surface area contributed by atoms with Crippen LogP contribution in [0.5, 0.6) is 0 Å². The molecule has 0 fully saturated rings. The zero-order valence-electron chi connectivity index (χ0n) is 18.6. The van der Waals surface area contributed by atoms with Gasteiger partial charge in [0.2, 0.25) is 0 Å². The van der Waals surface area contributed by atoms with Crippen LogP contribution in [0.4, 0.5) is 21.0 Å². The summed E-state index contributed by atoms with van der Waals surface area (Å²) in [6.07, 6.45) is -0.948. The van der Waals surface area contributed by atoms with Crippen molar-refractivity contribution in [3.05, 3.63) is 96.1 Å². The molecule has 32 heavy (non-hydrogen) atoms. The fraction of sp³-hybridized carbons (Fsp3) is 0.231. The van der Waals surface area contributed by atoms with Gasteiger partial charge in [-0.15, -0.1) is 0 Å². The molecule has 0 aliphatic heterocycles. The Kier molecular flexibility index (Phi) is 7.49. The molecule has 2 amide bonds. The Hall–Kier alpha value is -3.80. The van der Waals surface area contributed by atoms with Crippen LogP contribution in [-0.2, 0) is 22.6 Å². The standard InChI is InChI=1S/C26H28N2O4/c1-26(2,3)32-24(29)27-22-16-14-20(15-17-22)18-28(23-12-8-5-9-13-23)25(30)31-19-21-10-6-4-7-11-21/h4-17H,18-19H2,1-3H3,(H,27,29). The maximum atomic E-state index is 12.9. The molecule has 3 aromatic rings. The van der Waals surface area contributed by atoms with E-state index in [2.05, 4.69) is 5.32 Å². The SMILES string of the molecule is CC(C)(C)OC(=O)Nc1ccc(CN(C(=O)OCc2ccccc2)c2ccccc2)cc1. The maximum Gasteiger partial charge on any atom is 0.414 e. The van der Waals surface area contributed by atoms with Crippen LogP contribution in [0.1, 0.15) is 31.9 Å². The van der Waals surface area contributed by atoms with Gasteiger partial charge in [0.25, 0.3) is 0 Å². The number of amides is 2. The molecule has 6 heteroatoms. The molecule has 3 aromatic carbocycles. The van der Waals surface area contributed by atoms with Gasteiger partial charge in [0.05, 0.1) is 6.54 Å². The van der Waals surface area contributed by atoms with Gasteiger partial charge < -0.3 is 9.47 Å². The van der Waals surface area contributed by atoms with Gasteiger partial charge in [0, 0.05) is 11.4 Å². The molecule has 0 aliphatic carbocycles. The number of nitrogens with one attached hydrogen (secondary N) is 1. The van der Waals surface area contributed by atoms with Crippen LogP contribution in [0.3, 0.4) is 0 Å². The molecule has 6 nitrogen and oxygen atoms in total. The molecule has 0 heterocycles. The monoisotopic (exact) mass is 432 g/mol. The van der Waals surface area contributed by atoms with Crippen molar-refractivity contribution < 1.29 is 19.1 Å². The van der Waals surface area contributed by atoms with Crippen molar-refractivity contribution in [2.24, 2.45) is 0 Å².